The second kappa shape index (κ2) is 5.57. The molecule has 1 amide bonds. The SMILES string of the molecule is O=C(c1cccs1)N1CCCC(c2cccc3nccn23)C1. The van der Waals surface area contributed by atoms with Crippen LogP contribution in [0.15, 0.2) is 48.1 Å². The van der Waals surface area contributed by atoms with Crippen LogP contribution >= 0.6 is 11.3 Å². The predicted octanol–water partition coefficient (Wildman–Crippen LogP) is 3.42. The maximum atomic E-state index is 12.6. The number of aromatic nitrogens is 2. The summed E-state index contributed by atoms with van der Waals surface area (Å²) in [4.78, 5) is 19.8. The van der Waals surface area contributed by atoms with Crippen LogP contribution in [0.2, 0.25) is 0 Å². The predicted molar refractivity (Wildman–Crippen MR) is 87.4 cm³/mol. The average molecular weight is 311 g/mol. The quantitative estimate of drug-likeness (QED) is 0.727. The number of likely N-dealkylation sites (tertiary alicyclic amines) is 1. The molecule has 0 aliphatic carbocycles. The molecule has 0 bridgehead atoms. The van der Waals surface area contributed by atoms with Gasteiger partial charge in [-0.15, -0.1) is 11.3 Å². The summed E-state index contributed by atoms with van der Waals surface area (Å²) in [6.45, 7) is 1.64. The molecule has 3 aromatic rings. The number of hydrogen-bond acceptors (Lipinski definition) is 3. The Morgan fingerprint density at radius 1 is 1.27 bits per heavy atom. The molecule has 22 heavy (non-hydrogen) atoms. The third kappa shape index (κ3) is 2.31. The number of rotatable bonds is 2. The minimum absolute atomic E-state index is 0.164. The molecule has 1 aliphatic heterocycles. The number of fused-ring (bicyclic) bond motifs is 1. The van der Waals surface area contributed by atoms with E-state index in [1.54, 1.807) is 0 Å². The number of carbonyl (C=O) groups excluding carboxylic acids is 1. The van der Waals surface area contributed by atoms with Crippen LogP contribution in [0.1, 0.15) is 34.1 Å². The zero-order chi connectivity index (χ0) is 14.9. The van der Waals surface area contributed by atoms with E-state index >= 15 is 0 Å². The summed E-state index contributed by atoms with van der Waals surface area (Å²) in [5, 5.41) is 1.96. The number of imidazole rings is 1. The summed E-state index contributed by atoms with van der Waals surface area (Å²) in [7, 11) is 0. The first kappa shape index (κ1) is 13.5. The molecular weight excluding hydrogens is 294 g/mol. The number of carbonyl (C=O) groups is 1. The standard InChI is InChI=1S/C17H17N3OS/c21-17(15-6-3-11-22-15)19-9-2-4-13(12-19)14-5-1-7-16-18-8-10-20(14)16/h1,3,5-8,10-11,13H,2,4,9,12H2. The molecule has 4 nitrogen and oxygen atoms in total. The van der Waals surface area contributed by atoms with Gasteiger partial charge >= 0.3 is 0 Å². The minimum Gasteiger partial charge on any atom is -0.337 e. The van der Waals surface area contributed by atoms with E-state index in [1.807, 2.05) is 40.9 Å². The van der Waals surface area contributed by atoms with Gasteiger partial charge in [0.2, 0.25) is 0 Å². The maximum absolute atomic E-state index is 12.6. The Balaban J connectivity index is 1.61. The van der Waals surface area contributed by atoms with Crippen molar-refractivity contribution in [3.63, 3.8) is 0 Å². The van der Waals surface area contributed by atoms with Gasteiger partial charge in [0.05, 0.1) is 4.88 Å². The van der Waals surface area contributed by atoms with Gasteiger partial charge in [0.25, 0.3) is 5.91 Å². The van der Waals surface area contributed by atoms with Crippen LogP contribution in [-0.2, 0) is 0 Å². The molecule has 0 N–H and O–H groups in total. The van der Waals surface area contributed by atoms with Crippen molar-refractivity contribution >= 4 is 22.9 Å². The monoisotopic (exact) mass is 311 g/mol. The Bertz CT molecular complexity index is 793. The first-order chi connectivity index (χ1) is 10.8. The number of pyridine rings is 1. The van der Waals surface area contributed by atoms with Crippen molar-refractivity contribution in [2.75, 3.05) is 13.1 Å². The number of piperidine rings is 1. The zero-order valence-corrected chi connectivity index (χ0v) is 13.0. The van der Waals surface area contributed by atoms with E-state index in [-0.39, 0.29) is 5.91 Å². The lowest BCUT2D eigenvalue weighted by Gasteiger charge is -2.33. The zero-order valence-electron chi connectivity index (χ0n) is 12.2. The molecule has 0 radical (unpaired) electrons. The van der Waals surface area contributed by atoms with E-state index in [0.717, 1.165) is 36.5 Å². The lowest BCUT2D eigenvalue weighted by molar-refractivity contribution is 0.0710. The van der Waals surface area contributed by atoms with Crippen molar-refractivity contribution in [1.29, 1.82) is 0 Å². The van der Waals surface area contributed by atoms with Crippen LogP contribution in [0.4, 0.5) is 0 Å². The summed E-state index contributed by atoms with van der Waals surface area (Å²) in [6, 6.07) is 10.1. The average Bonchev–Trinajstić information content (AvgIpc) is 3.25. The normalized spacial score (nSPS) is 18.7. The van der Waals surface area contributed by atoms with Gasteiger partial charge in [-0.1, -0.05) is 12.1 Å². The second-order valence-electron chi connectivity index (χ2n) is 5.67. The Hall–Kier alpha value is -2.14. The number of thiophene rings is 1. The molecule has 1 fully saturated rings. The van der Waals surface area contributed by atoms with Crippen molar-refractivity contribution in [3.05, 3.63) is 58.7 Å². The van der Waals surface area contributed by atoms with Gasteiger partial charge in [0.15, 0.2) is 0 Å². The molecule has 112 valence electrons. The lowest BCUT2D eigenvalue weighted by atomic mass is 9.94. The third-order valence-corrected chi connectivity index (χ3v) is 5.18. The number of nitrogens with zero attached hydrogens (tertiary/aromatic N) is 3. The molecule has 0 saturated carbocycles. The first-order valence-electron chi connectivity index (χ1n) is 7.58. The molecule has 0 spiro atoms. The first-order valence-corrected chi connectivity index (χ1v) is 8.45. The van der Waals surface area contributed by atoms with E-state index in [1.165, 1.54) is 17.0 Å². The molecular formula is C17H17N3OS. The lowest BCUT2D eigenvalue weighted by Crippen LogP contribution is -2.39. The van der Waals surface area contributed by atoms with Crippen LogP contribution < -0.4 is 0 Å². The van der Waals surface area contributed by atoms with Crippen LogP contribution in [0.3, 0.4) is 0 Å². The summed E-state index contributed by atoms with van der Waals surface area (Å²) in [6.07, 6.45) is 6.00. The van der Waals surface area contributed by atoms with E-state index in [4.69, 9.17) is 0 Å². The molecule has 1 aliphatic rings. The van der Waals surface area contributed by atoms with Gasteiger partial charge in [-0.3, -0.25) is 4.79 Å². The smallest absolute Gasteiger partial charge is 0.263 e. The van der Waals surface area contributed by atoms with E-state index in [2.05, 4.69) is 21.5 Å². The van der Waals surface area contributed by atoms with Crippen LogP contribution in [0, 0.1) is 0 Å². The van der Waals surface area contributed by atoms with Crippen LogP contribution in [-0.4, -0.2) is 33.3 Å². The number of amides is 1. The highest BCUT2D eigenvalue weighted by molar-refractivity contribution is 7.12. The van der Waals surface area contributed by atoms with Crippen LogP contribution in [0.5, 0.6) is 0 Å². The molecule has 3 aromatic heterocycles. The summed E-state index contributed by atoms with van der Waals surface area (Å²) in [5.74, 6) is 0.535. The topological polar surface area (TPSA) is 37.6 Å². The molecule has 5 heteroatoms. The summed E-state index contributed by atoms with van der Waals surface area (Å²) < 4.78 is 2.14. The summed E-state index contributed by atoms with van der Waals surface area (Å²) in [5.41, 5.74) is 2.22. The molecule has 0 aromatic carbocycles. The van der Waals surface area contributed by atoms with E-state index < -0.39 is 0 Å². The highest BCUT2D eigenvalue weighted by Gasteiger charge is 2.27. The van der Waals surface area contributed by atoms with Gasteiger partial charge in [-0.05, 0) is 36.4 Å². The van der Waals surface area contributed by atoms with Gasteiger partial charge < -0.3 is 9.30 Å². The third-order valence-electron chi connectivity index (χ3n) is 4.32. The van der Waals surface area contributed by atoms with Crippen LogP contribution in [0.25, 0.3) is 5.65 Å². The van der Waals surface area contributed by atoms with Crippen molar-refractivity contribution < 1.29 is 4.79 Å². The minimum atomic E-state index is 0.164. The maximum Gasteiger partial charge on any atom is 0.263 e. The Morgan fingerprint density at radius 3 is 3.09 bits per heavy atom. The Morgan fingerprint density at radius 2 is 2.23 bits per heavy atom. The van der Waals surface area contributed by atoms with Crippen molar-refractivity contribution in [3.8, 4) is 0 Å². The highest BCUT2D eigenvalue weighted by Crippen LogP contribution is 2.28. The molecule has 1 atom stereocenters. The molecule has 1 unspecified atom stereocenters. The van der Waals surface area contributed by atoms with Gasteiger partial charge in [-0.25, -0.2) is 4.98 Å². The summed E-state index contributed by atoms with van der Waals surface area (Å²) >= 11 is 1.52. The fourth-order valence-electron chi connectivity index (χ4n) is 3.26. The Kier molecular flexibility index (Phi) is 3.42. The Labute approximate surface area is 133 Å². The fourth-order valence-corrected chi connectivity index (χ4v) is 3.95. The van der Waals surface area contributed by atoms with Crippen molar-refractivity contribution in [2.45, 2.75) is 18.8 Å². The molecule has 1 saturated heterocycles. The van der Waals surface area contributed by atoms with E-state index in [0.29, 0.717) is 5.92 Å². The van der Waals surface area contributed by atoms with Gasteiger partial charge in [0.1, 0.15) is 5.65 Å². The van der Waals surface area contributed by atoms with Crippen molar-refractivity contribution in [2.24, 2.45) is 0 Å². The van der Waals surface area contributed by atoms with E-state index in [9.17, 15) is 4.79 Å². The number of hydrogen-bond donors (Lipinski definition) is 0. The fraction of sp³-hybridized carbons (Fsp3) is 0.294. The highest BCUT2D eigenvalue weighted by atomic mass is 32.1. The van der Waals surface area contributed by atoms with Crippen molar-refractivity contribution in [1.82, 2.24) is 14.3 Å². The van der Waals surface area contributed by atoms with Gasteiger partial charge in [-0.2, -0.15) is 0 Å². The van der Waals surface area contributed by atoms with Gasteiger partial charge in [0, 0.05) is 37.1 Å². The largest absolute Gasteiger partial charge is 0.337 e. The molecule has 4 heterocycles. The molecule has 4 rings (SSSR count). The second-order valence-corrected chi connectivity index (χ2v) is 6.62.